The molecule has 0 aromatic heterocycles. The molecular formula is C16H15FO3. The van der Waals surface area contributed by atoms with E-state index in [1.165, 1.54) is 18.2 Å². The zero-order valence-electron chi connectivity index (χ0n) is 11.0. The van der Waals surface area contributed by atoms with E-state index in [1.54, 1.807) is 18.2 Å². The van der Waals surface area contributed by atoms with Crippen LogP contribution in [0.1, 0.15) is 24.2 Å². The number of halogens is 1. The van der Waals surface area contributed by atoms with Gasteiger partial charge in [0, 0.05) is 5.56 Å². The first kappa shape index (κ1) is 14.1. The molecule has 0 amide bonds. The average molecular weight is 274 g/mol. The molecule has 0 bridgehead atoms. The van der Waals surface area contributed by atoms with E-state index in [9.17, 15) is 14.3 Å². The molecule has 3 nitrogen and oxygen atoms in total. The van der Waals surface area contributed by atoms with Gasteiger partial charge in [-0.05, 0) is 30.2 Å². The SMILES string of the molecule is CCc1ccc(OC(C(=O)O)c2ccccc2F)cc1. The second kappa shape index (κ2) is 6.19. The van der Waals surface area contributed by atoms with Crippen LogP contribution in [0.4, 0.5) is 4.39 Å². The Hall–Kier alpha value is -2.36. The first-order valence-electron chi connectivity index (χ1n) is 6.34. The maximum Gasteiger partial charge on any atom is 0.349 e. The molecule has 104 valence electrons. The van der Waals surface area contributed by atoms with Crippen molar-refractivity contribution in [3.05, 3.63) is 65.5 Å². The van der Waals surface area contributed by atoms with Crippen molar-refractivity contribution in [3.63, 3.8) is 0 Å². The predicted octanol–water partition coefficient (Wildman–Crippen LogP) is 3.59. The largest absolute Gasteiger partial charge is 0.478 e. The summed E-state index contributed by atoms with van der Waals surface area (Å²) in [4.78, 5) is 11.3. The second-order valence-electron chi connectivity index (χ2n) is 4.36. The number of hydrogen-bond donors (Lipinski definition) is 1. The van der Waals surface area contributed by atoms with Crippen molar-refractivity contribution in [2.75, 3.05) is 0 Å². The van der Waals surface area contributed by atoms with Crippen molar-refractivity contribution in [2.24, 2.45) is 0 Å². The van der Waals surface area contributed by atoms with Crippen molar-refractivity contribution in [1.82, 2.24) is 0 Å². The monoisotopic (exact) mass is 274 g/mol. The molecule has 1 unspecified atom stereocenters. The van der Waals surface area contributed by atoms with Crippen LogP contribution < -0.4 is 4.74 Å². The van der Waals surface area contributed by atoms with Crippen LogP contribution in [-0.2, 0) is 11.2 Å². The molecular weight excluding hydrogens is 259 g/mol. The molecule has 2 rings (SSSR count). The van der Waals surface area contributed by atoms with Gasteiger partial charge >= 0.3 is 5.97 Å². The average Bonchev–Trinajstić information content (AvgIpc) is 2.46. The summed E-state index contributed by atoms with van der Waals surface area (Å²) in [5.74, 6) is -1.42. The van der Waals surface area contributed by atoms with E-state index in [1.807, 2.05) is 19.1 Å². The van der Waals surface area contributed by atoms with E-state index in [0.717, 1.165) is 12.0 Å². The Morgan fingerprint density at radius 3 is 2.40 bits per heavy atom. The van der Waals surface area contributed by atoms with Gasteiger partial charge in [-0.1, -0.05) is 37.3 Å². The number of carbonyl (C=O) groups is 1. The first-order valence-corrected chi connectivity index (χ1v) is 6.34. The van der Waals surface area contributed by atoms with Gasteiger partial charge in [0.05, 0.1) is 0 Å². The number of ether oxygens (including phenoxy) is 1. The summed E-state index contributed by atoms with van der Waals surface area (Å²) in [6.45, 7) is 2.02. The Kier molecular flexibility index (Phi) is 4.35. The fraction of sp³-hybridized carbons (Fsp3) is 0.188. The zero-order valence-corrected chi connectivity index (χ0v) is 11.0. The van der Waals surface area contributed by atoms with Gasteiger partial charge in [-0.3, -0.25) is 0 Å². The minimum absolute atomic E-state index is 0.0135. The summed E-state index contributed by atoms with van der Waals surface area (Å²) in [7, 11) is 0. The Labute approximate surface area is 116 Å². The molecule has 1 N–H and O–H groups in total. The van der Waals surface area contributed by atoms with Gasteiger partial charge in [0.1, 0.15) is 11.6 Å². The summed E-state index contributed by atoms with van der Waals surface area (Å²) < 4.78 is 19.1. The molecule has 0 radical (unpaired) electrons. The number of hydrogen-bond acceptors (Lipinski definition) is 2. The lowest BCUT2D eigenvalue weighted by Crippen LogP contribution is -2.19. The summed E-state index contributed by atoms with van der Waals surface area (Å²) in [6, 6.07) is 12.8. The number of carboxylic acid groups (broad SMARTS) is 1. The lowest BCUT2D eigenvalue weighted by molar-refractivity contribution is -0.145. The van der Waals surface area contributed by atoms with Crippen molar-refractivity contribution < 1.29 is 19.0 Å². The molecule has 0 saturated carbocycles. The minimum atomic E-state index is -1.36. The maximum absolute atomic E-state index is 13.7. The molecule has 0 heterocycles. The molecule has 0 saturated heterocycles. The van der Waals surface area contributed by atoms with E-state index >= 15 is 0 Å². The van der Waals surface area contributed by atoms with Gasteiger partial charge in [0.2, 0.25) is 6.10 Å². The highest BCUT2D eigenvalue weighted by Crippen LogP contribution is 2.24. The normalized spacial score (nSPS) is 11.9. The van der Waals surface area contributed by atoms with Crippen molar-refractivity contribution in [2.45, 2.75) is 19.4 Å². The van der Waals surface area contributed by atoms with Gasteiger partial charge in [-0.15, -0.1) is 0 Å². The number of carboxylic acids is 1. The maximum atomic E-state index is 13.7. The predicted molar refractivity (Wildman–Crippen MR) is 73.2 cm³/mol. The van der Waals surface area contributed by atoms with Crippen LogP contribution in [0, 0.1) is 5.82 Å². The summed E-state index contributed by atoms with van der Waals surface area (Å²) in [5.41, 5.74) is 1.13. The summed E-state index contributed by atoms with van der Waals surface area (Å²) in [5, 5.41) is 9.22. The second-order valence-corrected chi connectivity index (χ2v) is 4.36. The van der Waals surface area contributed by atoms with Gasteiger partial charge in [-0.25, -0.2) is 9.18 Å². The van der Waals surface area contributed by atoms with Gasteiger partial charge in [-0.2, -0.15) is 0 Å². The van der Waals surface area contributed by atoms with Crippen LogP contribution >= 0.6 is 0 Å². The third-order valence-electron chi connectivity index (χ3n) is 3.00. The van der Waals surface area contributed by atoms with E-state index < -0.39 is 17.9 Å². The summed E-state index contributed by atoms with van der Waals surface area (Å²) >= 11 is 0. The van der Waals surface area contributed by atoms with Crippen LogP contribution in [0.5, 0.6) is 5.75 Å². The van der Waals surface area contributed by atoms with Crippen LogP contribution in [0.25, 0.3) is 0 Å². The van der Waals surface area contributed by atoms with Crippen molar-refractivity contribution >= 4 is 5.97 Å². The molecule has 2 aromatic rings. The fourth-order valence-corrected chi connectivity index (χ4v) is 1.87. The Morgan fingerprint density at radius 1 is 1.20 bits per heavy atom. The number of aliphatic carboxylic acids is 1. The smallest absolute Gasteiger partial charge is 0.349 e. The van der Waals surface area contributed by atoms with E-state index in [2.05, 4.69) is 0 Å². The fourth-order valence-electron chi connectivity index (χ4n) is 1.87. The molecule has 4 heteroatoms. The van der Waals surface area contributed by atoms with Gasteiger partial charge < -0.3 is 9.84 Å². The highest BCUT2D eigenvalue weighted by molar-refractivity contribution is 5.75. The summed E-state index contributed by atoms with van der Waals surface area (Å²) in [6.07, 6.45) is -0.473. The quantitative estimate of drug-likeness (QED) is 0.906. The van der Waals surface area contributed by atoms with E-state index in [0.29, 0.717) is 5.75 Å². The van der Waals surface area contributed by atoms with Gasteiger partial charge in [0.25, 0.3) is 0 Å². The molecule has 1 atom stereocenters. The topological polar surface area (TPSA) is 46.5 Å². The standard InChI is InChI=1S/C16H15FO3/c1-2-11-7-9-12(10-8-11)20-15(16(18)19)13-5-3-4-6-14(13)17/h3-10,15H,2H2,1H3,(H,18,19). The lowest BCUT2D eigenvalue weighted by atomic mass is 10.1. The van der Waals surface area contributed by atoms with Crippen LogP contribution in [-0.4, -0.2) is 11.1 Å². The molecule has 0 spiro atoms. The van der Waals surface area contributed by atoms with Crippen molar-refractivity contribution in [3.8, 4) is 5.75 Å². The van der Waals surface area contributed by atoms with E-state index in [4.69, 9.17) is 4.74 Å². The Balaban J connectivity index is 2.26. The highest BCUT2D eigenvalue weighted by Gasteiger charge is 2.24. The van der Waals surface area contributed by atoms with Crippen molar-refractivity contribution in [1.29, 1.82) is 0 Å². The van der Waals surface area contributed by atoms with Gasteiger partial charge in [0.15, 0.2) is 0 Å². The van der Waals surface area contributed by atoms with E-state index in [-0.39, 0.29) is 5.56 Å². The number of aryl methyl sites for hydroxylation is 1. The van der Waals surface area contributed by atoms with Crippen LogP contribution in [0.3, 0.4) is 0 Å². The molecule has 0 aliphatic rings. The Bertz CT molecular complexity index is 593. The minimum Gasteiger partial charge on any atom is -0.478 e. The molecule has 0 fully saturated rings. The number of benzene rings is 2. The molecule has 20 heavy (non-hydrogen) atoms. The molecule has 0 aliphatic heterocycles. The van der Waals surface area contributed by atoms with Crippen LogP contribution in [0.15, 0.2) is 48.5 Å². The highest BCUT2D eigenvalue weighted by atomic mass is 19.1. The zero-order chi connectivity index (χ0) is 14.5. The number of rotatable bonds is 5. The van der Waals surface area contributed by atoms with Crippen LogP contribution in [0.2, 0.25) is 0 Å². The Morgan fingerprint density at radius 2 is 1.85 bits per heavy atom. The molecule has 0 aliphatic carbocycles. The molecule has 2 aromatic carbocycles. The first-order chi connectivity index (χ1) is 9.61. The third-order valence-corrected chi connectivity index (χ3v) is 3.00. The third kappa shape index (κ3) is 3.15. The lowest BCUT2D eigenvalue weighted by Gasteiger charge is -2.16.